The van der Waals surface area contributed by atoms with Gasteiger partial charge >= 0.3 is 6.09 Å². The molecule has 1 saturated heterocycles. The number of benzene rings is 1. The standard InChI is InChI=1S/C12H15NO3/c1-15-11(9-5-3-2-4-6-9)7-10-8-13-12(14)16-10/h2-6,10-11H,7-8H2,1H3,(H,13,14). The number of carbonyl (C=O) groups is 1. The van der Waals surface area contributed by atoms with Gasteiger partial charge in [0.1, 0.15) is 6.10 Å². The molecule has 2 unspecified atom stereocenters. The molecular weight excluding hydrogens is 206 g/mol. The number of hydrogen-bond acceptors (Lipinski definition) is 3. The van der Waals surface area contributed by atoms with Crippen molar-refractivity contribution < 1.29 is 14.3 Å². The summed E-state index contributed by atoms with van der Waals surface area (Å²) in [6.07, 6.45) is 0.212. The molecule has 16 heavy (non-hydrogen) atoms. The van der Waals surface area contributed by atoms with Crippen molar-refractivity contribution in [3.05, 3.63) is 35.9 Å². The van der Waals surface area contributed by atoms with Gasteiger partial charge in [-0.2, -0.15) is 0 Å². The summed E-state index contributed by atoms with van der Waals surface area (Å²) in [6, 6.07) is 9.94. The third kappa shape index (κ3) is 2.52. The highest BCUT2D eigenvalue weighted by atomic mass is 16.6. The number of alkyl carbamates (subject to hydrolysis) is 1. The summed E-state index contributed by atoms with van der Waals surface area (Å²) in [5, 5.41) is 2.63. The monoisotopic (exact) mass is 221 g/mol. The fourth-order valence-electron chi connectivity index (χ4n) is 1.84. The molecule has 1 amide bonds. The van der Waals surface area contributed by atoms with Crippen LogP contribution in [0.25, 0.3) is 0 Å². The number of carbonyl (C=O) groups excluding carboxylic acids is 1. The zero-order valence-electron chi connectivity index (χ0n) is 9.18. The van der Waals surface area contributed by atoms with Crippen LogP contribution in [0.2, 0.25) is 0 Å². The van der Waals surface area contributed by atoms with E-state index in [0.29, 0.717) is 13.0 Å². The Morgan fingerprint density at radius 3 is 2.81 bits per heavy atom. The van der Waals surface area contributed by atoms with E-state index in [0.717, 1.165) is 5.56 Å². The molecule has 1 aromatic rings. The third-order valence-corrected chi connectivity index (χ3v) is 2.68. The summed E-state index contributed by atoms with van der Waals surface area (Å²) in [6.45, 7) is 0.561. The van der Waals surface area contributed by atoms with Gasteiger partial charge in [-0.15, -0.1) is 0 Å². The molecule has 1 aromatic carbocycles. The maximum Gasteiger partial charge on any atom is 0.407 e. The third-order valence-electron chi connectivity index (χ3n) is 2.68. The first kappa shape index (κ1) is 11.0. The van der Waals surface area contributed by atoms with Gasteiger partial charge in [0.15, 0.2) is 0 Å². The van der Waals surface area contributed by atoms with Crippen LogP contribution in [-0.2, 0) is 9.47 Å². The smallest absolute Gasteiger partial charge is 0.407 e. The Kier molecular flexibility index (Phi) is 3.41. The number of nitrogens with one attached hydrogen (secondary N) is 1. The maximum absolute atomic E-state index is 10.9. The summed E-state index contributed by atoms with van der Waals surface area (Å²) in [7, 11) is 1.67. The topological polar surface area (TPSA) is 47.6 Å². The van der Waals surface area contributed by atoms with Crippen molar-refractivity contribution in [1.29, 1.82) is 0 Å². The second-order valence-corrected chi connectivity index (χ2v) is 3.78. The highest BCUT2D eigenvalue weighted by Crippen LogP contribution is 2.23. The molecule has 0 spiro atoms. The fraction of sp³-hybridized carbons (Fsp3) is 0.417. The first-order chi connectivity index (χ1) is 7.79. The molecule has 0 radical (unpaired) electrons. The first-order valence-corrected chi connectivity index (χ1v) is 5.32. The molecule has 0 bridgehead atoms. The van der Waals surface area contributed by atoms with Crippen molar-refractivity contribution in [1.82, 2.24) is 5.32 Å². The van der Waals surface area contributed by atoms with E-state index in [-0.39, 0.29) is 18.3 Å². The number of hydrogen-bond donors (Lipinski definition) is 1. The van der Waals surface area contributed by atoms with Gasteiger partial charge in [-0.05, 0) is 5.56 Å². The highest BCUT2D eigenvalue weighted by Gasteiger charge is 2.26. The maximum atomic E-state index is 10.9. The van der Waals surface area contributed by atoms with Crippen molar-refractivity contribution in [2.75, 3.05) is 13.7 Å². The molecule has 0 saturated carbocycles. The Bertz CT molecular complexity index is 353. The molecule has 1 aliphatic heterocycles. The number of rotatable bonds is 4. The quantitative estimate of drug-likeness (QED) is 0.844. The van der Waals surface area contributed by atoms with Crippen LogP contribution in [0, 0.1) is 0 Å². The van der Waals surface area contributed by atoms with Crippen LogP contribution in [0.15, 0.2) is 30.3 Å². The van der Waals surface area contributed by atoms with Gasteiger partial charge in [0, 0.05) is 13.5 Å². The van der Waals surface area contributed by atoms with Crippen molar-refractivity contribution >= 4 is 6.09 Å². The van der Waals surface area contributed by atoms with Gasteiger partial charge in [-0.3, -0.25) is 0 Å². The second kappa shape index (κ2) is 4.99. The predicted molar refractivity (Wildman–Crippen MR) is 59.1 cm³/mol. The van der Waals surface area contributed by atoms with E-state index in [2.05, 4.69) is 5.32 Å². The molecule has 0 aromatic heterocycles. The SMILES string of the molecule is COC(CC1CNC(=O)O1)c1ccccc1. The van der Waals surface area contributed by atoms with E-state index in [4.69, 9.17) is 9.47 Å². The van der Waals surface area contributed by atoms with Crippen LogP contribution < -0.4 is 5.32 Å². The predicted octanol–water partition coefficient (Wildman–Crippen LogP) is 1.87. The van der Waals surface area contributed by atoms with E-state index in [1.54, 1.807) is 7.11 Å². The van der Waals surface area contributed by atoms with Crippen LogP contribution >= 0.6 is 0 Å². The van der Waals surface area contributed by atoms with Gasteiger partial charge in [0.2, 0.25) is 0 Å². The molecular formula is C12H15NO3. The lowest BCUT2D eigenvalue weighted by molar-refractivity contribution is 0.0506. The van der Waals surface area contributed by atoms with Crippen molar-refractivity contribution in [2.24, 2.45) is 0 Å². The molecule has 4 nitrogen and oxygen atoms in total. The molecule has 0 aliphatic carbocycles. The highest BCUT2D eigenvalue weighted by molar-refractivity contribution is 5.69. The fourth-order valence-corrected chi connectivity index (χ4v) is 1.84. The molecule has 1 heterocycles. The van der Waals surface area contributed by atoms with Crippen molar-refractivity contribution in [2.45, 2.75) is 18.6 Å². The lowest BCUT2D eigenvalue weighted by atomic mass is 10.0. The van der Waals surface area contributed by atoms with Gasteiger partial charge < -0.3 is 14.8 Å². The van der Waals surface area contributed by atoms with E-state index < -0.39 is 0 Å². The zero-order chi connectivity index (χ0) is 11.4. The number of ether oxygens (including phenoxy) is 2. The first-order valence-electron chi connectivity index (χ1n) is 5.32. The molecule has 1 N–H and O–H groups in total. The minimum atomic E-state index is -0.340. The van der Waals surface area contributed by atoms with E-state index in [1.807, 2.05) is 30.3 Å². The molecule has 4 heteroatoms. The number of cyclic esters (lactones) is 1. The Morgan fingerprint density at radius 1 is 1.50 bits per heavy atom. The summed E-state index contributed by atoms with van der Waals surface area (Å²) in [5.74, 6) is 0. The minimum Gasteiger partial charge on any atom is -0.444 e. The van der Waals surface area contributed by atoms with Gasteiger partial charge in [-0.1, -0.05) is 30.3 Å². The van der Waals surface area contributed by atoms with E-state index in [9.17, 15) is 4.79 Å². The second-order valence-electron chi connectivity index (χ2n) is 3.78. The normalized spacial score (nSPS) is 21.3. The van der Waals surface area contributed by atoms with Gasteiger partial charge in [0.05, 0.1) is 12.6 Å². The lowest BCUT2D eigenvalue weighted by Crippen LogP contribution is -2.18. The van der Waals surface area contributed by atoms with Gasteiger partial charge in [0.25, 0.3) is 0 Å². The van der Waals surface area contributed by atoms with Crippen LogP contribution in [0.5, 0.6) is 0 Å². The number of methoxy groups -OCH3 is 1. The Balaban J connectivity index is 1.98. The summed E-state index contributed by atoms with van der Waals surface area (Å²) >= 11 is 0. The summed E-state index contributed by atoms with van der Waals surface area (Å²) < 4.78 is 10.5. The average Bonchev–Trinajstić information content (AvgIpc) is 2.73. The largest absolute Gasteiger partial charge is 0.444 e. The van der Waals surface area contributed by atoms with Crippen LogP contribution in [-0.4, -0.2) is 25.9 Å². The Hall–Kier alpha value is -1.55. The Morgan fingerprint density at radius 2 is 2.25 bits per heavy atom. The van der Waals surface area contributed by atoms with Crippen molar-refractivity contribution in [3.8, 4) is 0 Å². The van der Waals surface area contributed by atoms with Crippen molar-refractivity contribution in [3.63, 3.8) is 0 Å². The van der Waals surface area contributed by atoms with Crippen LogP contribution in [0.3, 0.4) is 0 Å². The summed E-state index contributed by atoms with van der Waals surface area (Å²) in [4.78, 5) is 10.9. The summed E-state index contributed by atoms with van der Waals surface area (Å²) in [5.41, 5.74) is 1.10. The van der Waals surface area contributed by atoms with Crippen LogP contribution in [0.1, 0.15) is 18.1 Å². The van der Waals surface area contributed by atoms with Gasteiger partial charge in [-0.25, -0.2) is 4.79 Å². The number of amides is 1. The molecule has 2 rings (SSSR count). The van der Waals surface area contributed by atoms with E-state index in [1.165, 1.54) is 0 Å². The lowest BCUT2D eigenvalue weighted by Gasteiger charge is -2.18. The molecule has 1 fully saturated rings. The molecule has 86 valence electrons. The minimum absolute atomic E-state index is 0.0288. The zero-order valence-corrected chi connectivity index (χ0v) is 9.18. The Labute approximate surface area is 94.6 Å². The van der Waals surface area contributed by atoms with E-state index >= 15 is 0 Å². The van der Waals surface area contributed by atoms with Crippen LogP contribution in [0.4, 0.5) is 4.79 Å². The molecule has 1 aliphatic rings. The molecule has 2 atom stereocenters. The average molecular weight is 221 g/mol.